The molecule has 0 saturated carbocycles. The maximum absolute atomic E-state index is 10.3. The van der Waals surface area contributed by atoms with Crippen molar-refractivity contribution >= 4 is 11.3 Å². The number of aliphatic hydroxyl groups excluding tert-OH is 1. The van der Waals surface area contributed by atoms with Gasteiger partial charge < -0.3 is 9.84 Å². The van der Waals surface area contributed by atoms with Crippen LogP contribution < -0.4 is 4.74 Å². The maximum Gasteiger partial charge on any atom is 0.122 e. The number of fused-ring (bicyclic) bond motifs is 1. The molecule has 0 radical (unpaired) electrons. The van der Waals surface area contributed by atoms with Crippen LogP contribution in [-0.4, -0.2) is 16.7 Å². The average Bonchev–Trinajstić information content (AvgIpc) is 2.96. The fourth-order valence-corrected chi connectivity index (χ4v) is 3.29. The molecule has 2 aromatic rings. The van der Waals surface area contributed by atoms with Gasteiger partial charge in [0, 0.05) is 17.7 Å². The van der Waals surface area contributed by atoms with Crippen molar-refractivity contribution in [2.75, 3.05) is 6.61 Å². The Morgan fingerprint density at radius 1 is 1.42 bits per heavy atom. The predicted octanol–water partition coefficient (Wildman–Crippen LogP) is 2.97. The summed E-state index contributed by atoms with van der Waals surface area (Å²) in [6, 6.07) is 5.96. The van der Waals surface area contributed by atoms with Crippen LogP contribution in [0.3, 0.4) is 0 Å². The van der Waals surface area contributed by atoms with E-state index in [0.717, 1.165) is 35.0 Å². The number of aliphatic hydroxyl groups is 1. The molecular formula is C15H17NO2S. The molecule has 1 aliphatic rings. The van der Waals surface area contributed by atoms with E-state index in [0.29, 0.717) is 6.42 Å². The van der Waals surface area contributed by atoms with Crippen molar-refractivity contribution in [1.29, 1.82) is 0 Å². The topological polar surface area (TPSA) is 42.4 Å². The number of nitrogens with zero attached hydrogens (tertiary/aromatic N) is 1. The molecule has 1 unspecified atom stereocenters. The van der Waals surface area contributed by atoms with Crippen molar-refractivity contribution in [3.63, 3.8) is 0 Å². The summed E-state index contributed by atoms with van der Waals surface area (Å²) >= 11 is 1.67. The van der Waals surface area contributed by atoms with Crippen LogP contribution in [-0.2, 0) is 12.8 Å². The van der Waals surface area contributed by atoms with Crippen LogP contribution in [0.15, 0.2) is 18.2 Å². The van der Waals surface area contributed by atoms with Gasteiger partial charge in [-0.3, -0.25) is 0 Å². The molecule has 3 nitrogen and oxygen atoms in total. The van der Waals surface area contributed by atoms with Gasteiger partial charge in [0.1, 0.15) is 5.75 Å². The summed E-state index contributed by atoms with van der Waals surface area (Å²) in [5.41, 5.74) is 3.22. The summed E-state index contributed by atoms with van der Waals surface area (Å²) in [5, 5.41) is 11.3. The average molecular weight is 275 g/mol. The molecule has 2 heterocycles. The second kappa shape index (κ2) is 4.94. The van der Waals surface area contributed by atoms with E-state index in [1.165, 1.54) is 10.4 Å². The van der Waals surface area contributed by atoms with Gasteiger partial charge in [-0.1, -0.05) is 6.07 Å². The number of hydrogen-bond acceptors (Lipinski definition) is 4. The number of ether oxygens (including phenoxy) is 1. The van der Waals surface area contributed by atoms with Crippen LogP contribution in [0.5, 0.6) is 5.75 Å². The van der Waals surface area contributed by atoms with Crippen molar-refractivity contribution in [1.82, 2.24) is 4.98 Å². The number of aromatic nitrogens is 1. The monoisotopic (exact) mass is 275 g/mol. The van der Waals surface area contributed by atoms with Crippen molar-refractivity contribution < 1.29 is 9.84 Å². The molecule has 0 spiro atoms. The third-order valence-corrected chi connectivity index (χ3v) is 4.63. The number of rotatable bonds is 3. The molecule has 4 heteroatoms. The molecule has 100 valence electrons. The van der Waals surface area contributed by atoms with Crippen LogP contribution in [0.1, 0.15) is 32.8 Å². The summed E-state index contributed by atoms with van der Waals surface area (Å²) in [4.78, 5) is 5.71. The van der Waals surface area contributed by atoms with Gasteiger partial charge in [0.05, 0.1) is 23.4 Å². The number of thiazole rings is 1. The molecule has 0 fully saturated rings. The van der Waals surface area contributed by atoms with Crippen molar-refractivity contribution in [2.24, 2.45) is 0 Å². The Labute approximate surface area is 116 Å². The van der Waals surface area contributed by atoms with Crippen LogP contribution in [0.2, 0.25) is 0 Å². The highest BCUT2D eigenvalue weighted by molar-refractivity contribution is 7.11. The lowest BCUT2D eigenvalue weighted by Gasteiger charge is -2.10. The first kappa shape index (κ1) is 12.6. The summed E-state index contributed by atoms with van der Waals surface area (Å²) < 4.78 is 5.48. The predicted molar refractivity (Wildman–Crippen MR) is 75.9 cm³/mol. The first-order chi connectivity index (χ1) is 9.13. The molecule has 1 aromatic carbocycles. The smallest absolute Gasteiger partial charge is 0.122 e. The minimum Gasteiger partial charge on any atom is -0.493 e. The van der Waals surface area contributed by atoms with Crippen molar-refractivity contribution in [2.45, 2.75) is 32.8 Å². The number of hydrogen-bond donors (Lipinski definition) is 1. The van der Waals surface area contributed by atoms with E-state index in [-0.39, 0.29) is 0 Å². The first-order valence-corrected chi connectivity index (χ1v) is 7.32. The molecule has 0 saturated heterocycles. The standard InChI is InChI=1S/C15H17NO2S/c1-9-10(2)19-15(16-9)8-13(17)11-3-4-14-12(7-11)5-6-18-14/h3-4,7,13,17H,5-6,8H2,1-2H3. The zero-order valence-electron chi connectivity index (χ0n) is 11.1. The van der Waals surface area contributed by atoms with E-state index in [9.17, 15) is 5.11 Å². The van der Waals surface area contributed by atoms with E-state index >= 15 is 0 Å². The van der Waals surface area contributed by atoms with E-state index in [1.54, 1.807) is 11.3 Å². The molecule has 0 bridgehead atoms. The Balaban J connectivity index is 1.78. The highest BCUT2D eigenvalue weighted by atomic mass is 32.1. The Kier molecular flexibility index (Phi) is 3.29. The summed E-state index contributed by atoms with van der Waals surface area (Å²) in [6.07, 6.45) is 1.03. The molecule has 3 rings (SSSR count). The Morgan fingerprint density at radius 3 is 3.00 bits per heavy atom. The van der Waals surface area contributed by atoms with E-state index in [4.69, 9.17) is 4.74 Å². The van der Waals surface area contributed by atoms with E-state index in [2.05, 4.69) is 18.0 Å². The normalized spacial score (nSPS) is 15.1. The first-order valence-electron chi connectivity index (χ1n) is 6.50. The molecule has 1 atom stereocenters. The molecule has 0 amide bonds. The second-order valence-corrected chi connectivity index (χ2v) is 6.22. The van der Waals surface area contributed by atoms with Gasteiger partial charge in [-0.25, -0.2) is 4.98 Å². The van der Waals surface area contributed by atoms with Gasteiger partial charge in [0.15, 0.2) is 0 Å². The lowest BCUT2D eigenvalue weighted by atomic mass is 10.0. The zero-order valence-corrected chi connectivity index (χ0v) is 12.0. The summed E-state index contributed by atoms with van der Waals surface area (Å²) in [5.74, 6) is 0.955. The van der Waals surface area contributed by atoms with Gasteiger partial charge in [0.25, 0.3) is 0 Å². The van der Waals surface area contributed by atoms with Gasteiger partial charge in [-0.05, 0) is 37.1 Å². The van der Waals surface area contributed by atoms with Gasteiger partial charge in [-0.15, -0.1) is 11.3 Å². The van der Waals surface area contributed by atoms with Gasteiger partial charge >= 0.3 is 0 Å². The minimum atomic E-state index is -0.490. The zero-order chi connectivity index (χ0) is 13.4. The Morgan fingerprint density at radius 2 is 2.26 bits per heavy atom. The fourth-order valence-electron chi connectivity index (χ4n) is 2.32. The highest BCUT2D eigenvalue weighted by Crippen LogP contribution is 2.30. The third kappa shape index (κ3) is 2.51. The Bertz CT molecular complexity index is 587. The third-order valence-electron chi connectivity index (χ3n) is 3.54. The molecule has 1 aromatic heterocycles. The summed E-state index contributed by atoms with van der Waals surface area (Å²) in [6.45, 7) is 4.82. The van der Waals surface area contributed by atoms with E-state index in [1.807, 2.05) is 19.1 Å². The van der Waals surface area contributed by atoms with Crippen molar-refractivity contribution in [3.05, 3.63) is 44.9 Å². The molecule has 1 aliphatic heterocycles. The molecule has 19 heavy (non-hydrogen) atoms. The van der Waals surface area contributed by atoms with Gasteiger partial charge in [0.2, 0.25) is 0 Å². The largest absolute Gasteiger partial charge is 0.493 e. The quantitative estimate of drug-likeness (QED) is 0.936. The van der Waals surface area contributed by atoms with E-state index < -0.39 is 6.10 Å². The van der Waals surface area contributed by atoms with Crippen LogP contribution in [0.25, 0.3) is 0 Å². The van der Waals surface area contributed by atoms with Crippen molar-refractivity contribution in [3.8, 4) is 5.75 Å². The second-order valence-electron chi connectivity index (χ2n) is 4.93. The maximum atomic E-state index is 10.3. The summed E-state index contributed by atoms with van der Waals surface area (Å²) in [7, 11) is 0. The fraction of sp³-hybridized carbons (Fsp3) is 0.400. The van der Waals surface area contributed by atoms with Gasteiger partial charge in [-0.2, -0.15) is 0 Å². The lowest BCUT2D eigenvalue weighted by molar-refractivity contribution is 0.178. The Hall–Kier alpha value is -1.39. The minimum absolute atomic E-state index is 0.490. The SMILES string of the molecule is Cc1nc(CC(O)c2ccc3c(c2)CCO3)sc1C. The molecule has 1 N–H and O–H groups in total. The van der Waals surface area contributed by atoms with Crippen LogP contribution >= 0.6 is 11.3 Å². The van der Waals surface area contributed by atoms with Crippen LogP contribution in [0.4, 0.5) is 0 Å². The van der Waals surface area contributed by atoms with Crippen LogP contribution in [0, 0.1) is 13.8 Å². The highest BCUT2D eigenvalue weighted by Gasteiger charge is 2.17. The molecule has 0 aliphatic carbocycles. The molecular weight excluding hydrogens is 258 g/mol. The lowest BCUT2D eigenvalue weighted by Crippen LogP contribution is -2.02. The number of aryl methyl sites for hydroxylation is 2. The number of benzene rings is 1.